The lowest BCUT2D eigenvalue weighted by atomic mass is 10.3. The van der Waals surface area contributed by atoms with E-state index in [0.717, 1.165) is 5.69 Å². The van der Waals surface area contributed by atoms with Gasteiger partial charge in [0.25, 0.3) is 0 Å². The zero-order chi connectivity index (χ0) is 11.9. The van der Waals surface area contributed by atoms with Gasteiger partial charge in [0.15, 0.2) is 0 Å². The van der Waals surface area contributed by atoms with Crippen molar-refractivity contribution >= 4 is 21.4 Å². The molecule has 0 aromatic carbocycles. The Morgan fingerprint density at radius 3 is 2.88 bits per heavy atom. The number of hydrogen-bond donors (Lipinski definition) is 2. The van der Waals surface area contributed by atoms with Crippen molar-refractivity contribution in [1.82, 2.24) is 9.71 Å². The molecular formula is C9H16N2O3S2. The third-order valence-corrected chi connectivity index (χ3v) is 4.11. The van der Waals surface area contributed by atoms with Crippen LogP contribution in [0.1, 0.15) is 18.5 Å². The molecule has 0 bridgehead atoms. The molecule has 16 heavy (non-hydrogen) atoms. The summed E-state index contributed by atoms with van der Waals surface area (Å²) in [5.74, 6) is 0.0740. The maximum Gasteiger partial charge on any atom is 0.211 e. The fraction of sp³-hybridized carbons (Fsp3) is 0.667. The Balaban J connectivity index is 2.20. The first-order valence-corrected chi connectivity index (χ1v) is 7.69. The molecule has 0 fully saturated rings. The zero-order valence-corrected chi connectivity index (χ0v) is 10.6. The molecule has 1 heterocycles. The van der Waals surface area contributed by atoms with E-state index in [-0.39, 0.29) is 12.4 Å². The highest BCUT2D eigenvalue weighted by Crippen LogP contribution is 2.01. The highest BCUT2D eigenvalue weighted by atomic mass is 32.2. The predicted octanol–water partition coefficient (Wildman–Crippen LogP) is 0.378. The minimum absolute atomic E-state index is 0.0361. The first-order chi connectivity index (χ1) is 7.64. The smallest absolute Gasteiger partial charge is 0.211 e. The van der Waals surface area contributed by atoms with Gasteiger partial charge in [0.05, 0.1) is 17.0 Å². The van der Waals surface area contributed by atoms with Gasteiger partial charge in [0.2, 0.25) is 10.0 Å². The summed E-state index contributed by atoms with van der Waals surface area (Å²) in [6, 6.07) is 0. The van der Waals surface area contributed by atoms with E-state index in [1.165, 1.54) is 11.3 Å². The monoisotopic (exact) mass is 264 g/mol. The van der Waals surface area contributed by atoms with Crippen molar-refractivity contribution in [3.8, 4) is 0 Å². The molecule has 0 amide bonds. The zero-order valence-electron chi connectivity index (χ0n) is 8.92. The molecule has 7 heteroatoms. The molecule has 0 saturated heterocycles. The van der Waals surface area contributed by atoms with Gasteiger partial charge in [-0.25, -0.2) is 18.1 Å². The van der Waals surface area contributed by atoms with Crippen LogP contribution in [0.2, 0.25) is 0 Å². The highest BCUT2D eigenvalue weighted by Gasteiger charge is 2.08. The Kier molecular flexibility index (Phi) is 5.89. The average molecular weight is 264 g/mol. The summed E-state index contributed by atoms with van der Waals surface area (Å²) in [5, 5.41) is 10.4. The molecule has 92 valence electrons. The molecule has 2 N–H and O–H groups in total. The summed E-state index contributed by atoms with van der Waals surface area (Å²) in [5.41, 5.74) is 2.63. The molecule has 0 aliphatic heterocycles. The summed E-state index contributed by atoms with van der Waals surface area (Å²) in [7, 11) is -3.19. The third kappa shape index (κ3) is 5.55. The second-order valence-corrected chi connectivity index (χ2v) is 6.02. The Hall–Kier alpha value is -0.500. The molecule has 0 saturated carbocycles. The van der Waals surface area contributed by atoms with Crippen LogP contribution in [0, 0.1) is 0 Å². The van der Waals surface area contributed by atoms with E-state index >= 15 is 0 Å². The van der Waals surface area contributed by atoms with E-state index in [1.54, 1.807) is 5.51 Å². The molecule has 0 atom stereocenters. The number of unbranched alkanes of at least 4 members (excludes halogenated alkanes) is 1. The van der Waals surface area contributed by atoms with Gasteiger partial charge in [-0.2, -0.15) is 0 Å². The minimum atomic E-state index is -3.19. The topological polar surface area (TPSA) is 79.3 Å². The molecule has 1 aromatic rings. The molecule has 0 unspecified atom stereocenters. The fourth-order valence-corrected chi connectivity index (χ4v) is 2.91. The van der Waals surface area contributed by atoms with Crippen molar-refractivity contribution in [2.45, 2.75) is 19.3 Å². The Bertz CT molecular complexity index is 375. The molecule has 0 spiro atoms. The third-order valence-electron chi connectivity index (χ3n) is 2.01. The summed E-state index contributed by atoms with van der Waals surface area (Å²) in [4.78, 5) is 4.06. The van der Waals surface area contributed by atoms with Crippen molar-refractivity contribution in [1.29, 1.82) is 0 Å². The number of thiazole rings is 1. The highest BCUT2D eigenvalue weighted by molar-refractivity contribution is 7.89. The molecule has 5 nitrogen and oxygen atoms in total. The predicted molar refractivity (Wildman–Crippen MR) is 63.9 cm³/mol. The van der Waals surface area contributed by atoms with Crippen molar-refractivity contribution < 1.29 is 13.5 Å². The Morgan fingerprint density at radius 1 is 1.44 bits per heavy atom. The van der Waals surface area contributed by atoms with Gasteiger partial charge in [-0.05, 0) is 12.8 Å². The molecule has 0 radical (unpaired) electrons. The largest absolute Gasteiger partial charge is 0.396 e. The molecule has 1 aromatic heterocycles. The van der Waals surface area contributed by atoms with E-state index in [1.807, 2.05) is 5.38 Å². The SMILES string of the molecule is O=S(=O)(CCCCO)NCCc1cscn1. The fourth-order valence-electron chi connectivity index (χ4n) is 1.17. The Labute approximate surface area is 99.6 Å². The van der Waals surface area contributed by atoms with Gasteiger partial charge in [0.1, 0.15) is 0 Å². The van der Waals surface area contributed by atoms with Gasteiger partial charge in [-0.15, -0.1) is 11.3 Å². The number of nitrogens with zero attached hydrogens (tertiary/aromatic N) is 1. The number of hydrogen-bond acceptors (Lipinski definition) is 5. The maximum atomic E-state index is 11.4. The van der Waals surface area contributed by atoms with Crippen LogP contribution in [-0.4, -0.2) is 37.4 Å². The van der Waals surface area contributed by atoms with Gasteiger partial charge >= 0.3 is 0 Å². The number of aliphatic hydroxyl groups is 1. The van der Waals surface area contributed by atoms with Crippen LogP contribution >= 0.6 is 11.3 Å². The van der Waals surface area contributed by atoms with E-state index in [9.17, 15) is 8.42 Å². The minimum Gasteiger partial charge on any atom is -0.396 e. The van der Waals surface area contributed by atoms with Crippen molar-refractivity contribution in [3.05, 3.63) is 16.6 Å². The van der Waals surface area contributed by atoms with Gasteiger partial charge in [-0.1, -0.05) is 0 Å². The van der Waals surface area contributed by atoms with Crippen molar-refractivity contribution in [3.63, 3.8) is 0 Å². The van der Waals surface area contributed by atoms with E-state index in [0.29, 0.717) is 25.8 Å². The molecule has 0 aliphatic rings. The normalized spacial score (nSPS) is 11.8. The number of nitrogens with one attached hydrogen (secondary N) is 1. The summed E-state index contributed by atoms with van der Waals surface area (Å²) < 4.78 is 25.4. The van der Waals surface area contributed by atoms with Crippen LogP contribution in [-0.2, 0) is 16.4 Å². The maximum absolute atomic E-state index is 11.4. The number of aromatic nitrogens is 1. The molecule has 1 rings (SSSR count). The van der Waals surface area contributed by atoms with Crippen LogP contribution in [0.25, 0.3) is 0 Å². The lowest BCUT2D eigenvalue weighted by molar-refractivity contribution is 0.287. The van der Waals surface area contributed by atoms with Crippen LogP contribution in [0.15, 0.2) is 10.9 Å². The van der Waals surface area contributed by atoms with Gasteiger partial charge in [0, 0.05) is 25.0 Å². The van der Waals surface area contributed by atoms with Crippen molar-refractivity contribution in [2.24, 2.45) is 0 Å². The van der Waals surface area contributed by atoms with Crippen molar-refractivity contribution in [2.75, 3.05) is 18.9 Å². The van der Waals surface area contributed by atoms with Gasteiger partial charge in [-0.3, -0.25) is 0 Å². The first kappa shape index (κ1) is 13.6. The first-order valence-electron chi connectivity index (χ1n) is 5.09. The second kappa shape index (κ2) is 6.95. The van der Waals surface area contributed by atoms with E-state index < -0.39 is 10.0 Å². The quantitative estimate of drug-likeness (QED) is 0.665. The Morgan fingerprint density at radius 2 is 2.25 bits per heavy atom. The lowest BCUT2D eigenvalue weighted by Crippen LogP contribution is -2.28. The second-order valence-electron chi connectivity index (χ2n) is 3.37. The van der Waals surface area contributed by atoms with Crippen LogP contribution in [0.5, 0.6) is 0 Å². The van der Waals surface area contributed by atoms with Gasteiger partial charge < -0.3 is 5.11 Å². The van der Waals surface area contributed by atoms with E-state index in [2.05, 4.69) is 9.71 Å². The summed E-state index contributed by atoms with van der Waals surface area (Å²) >= 11 is 1.50. The summed E-state index contributed by atoms with van der Waals surface area (Å²) in [6.45, 7) is 0.416. The van der Waals surface area contributed by atoms with Crippen LogP contribution in [0.4, 0.5) is 0 Å². The molecule has 0 aliphatic carbocycles. The number of rotatable bonds is 8. The molecular weight excluding hydrogens is 248 g/mol. The number of sulfonamides is 1. The van der Waals surface area contributed by atoms with E-state index in [4.69, 9.17) is 5.11 Å². The number of aliphatic hydroxyl groups excluding tert-OH is 1. The summed E-state index contributed by atoms with van der Waals surface area (Å²) in [6.07, 6.45) is 1.62. The average Bonchev–Trinajstić information content (AvgIpc) is 2.70. The lowest BCUT2D eigenvalue weighted by Gasteiger charge is -2.04. The van der Waals surface area contributed by atoms with Crippen LogP contribution in [0.3, 0.4) is 0 Å². The van der Waals surface area contributed by atoms with Crippen LogP contribution < -0.4 is 4.72 Å². The standard InChI is InChI=1S/C9H16N2O3S2/c12-5-1-2-6-16(13,14)11-4-3-9-7-15-8-10-9/h7-8,11-12H,1-6H2.